The minimum absolute atomic E-state index is 0.338. The summed E-state index contributed by atoms with van der Waals surface area (Å²) in [6.45, 7) is 3.51. The Hall–Kier alpha value is -2.83. The normalized spacial score (nSPS) is 10.9. The van der Waals surface area contributed by atoms with E-state index in [4.69, 9.17) is 5.73 Å². The molecule has 0 aliphatic rings. The van der Waals surface area contributed by atoms with E-state index < -0.39 is 0 Å². The minimum atomic E-state index is -0.338. The van der Waals surface area contributed by atoms with Crippen molar-refractivity contribution in [2.75, 3.05) is 17.2 Å². The van der Waals surface area contributed by atoms with E-state index in [1.54, 1.807) is 6.07 Å². The molecular formula is C14H16N6O. The van der Waals surface area contributed by atoms with Crippen LogP contribution in [-0.4, -0.2) is 26.4 Å². The zero-order chi connectivity index (χ0) is 14.8. The van der Waals surface area contributed by atoms with Gasteiger partial charge in [-0.1, -0.05) is 12.1 Å². The Bertz CT molecular complexity index is 804. The molecule has 0 radical (unpaired) electrons. The molecule has 0 aliphatic heterocycles. The highest BCUT2D eigenvalue weighted by molar-refractivity contribution is 5.46. The Kier molecular flexibility index (Phi) is 3.31. The lowest BCUT2D eigenvalue weighted by molar-refractivity contribution is 0.774. The number of benzene rings is 1. The first-order valence-corrected chi connectivity index (χ1v) is 6.71. The number of hydrogen-bond acceptors (Lipinski definition) is 5. The van der Waals surface area contributed by atoms with Crippen molar-refractivity contribution in [3.63, 3.8) is 0 Å². The summed E-state index contributed by atoms with van der Waals surface area (Å²) < 4.78 is 1.26. The molecule has 0 aliphatic carbocycles. The molecule has 7 heteroatoms. The van der Waals surface area contributed by atoms with Crippen molar-refractivity contribution in [3.05, 3.63) is 52.4 Å². The van der Waals surface area contributed by atoms with E-state index in [9.17, 15) is 4.79 Å². The van der Waals surface area contributed by atoms with E-state index in [1.165, 1.54) is 4.52 Å². The fourth-order valence-corrected chi connectivity index (χ4v) is 2.16. The average molecular weight is 284 g/mol. The second-order valence-electron chi connectivity index (χ2n) is 4.75. The Balaban J connectivity index is 1.91. The summed E-state index contributed by atoms with van der Waals surface area (Å²) in [6.07, 6.45) is 0. The zero-order valence-corrected chi connectivity index (χ0v) is 11.7. The van der Waals surface area contributed by atoms with Gasteiger partial charge in [-0.15, -0.1) is 5.10 Å². The first kappa shape index (κ1) is 13.2. The van der Waals surface area contributed by atoms with Crippen molar-refractivity contribution in [2.24, 2.45) is 0 Å². The van der Waals surface area contributed by atoms with Gasteiger partial charge in [-0.05, 0) is 36.8 Å². The molecule has 7 nitrogen and oxygen atoms in total. The Morgan fingerprint density at radius 1 is 1.24 bits per heavy atom. The second-order valence-corrected chi connectivity index (χ2v) is 4.75. The molecule has 21 heavy (non-hydrogen) atoms. The second kappa shape index (κ2) is 5.28. The van der Waals surface area contributed by atoms with Crippen LogP contribution in [0.4, 0.5) is 11.5 Å². The van der Waals surface area contributed by atoms with E-state index in [0.717, 1.165) is 23.6 Å². The fourth-order valence-electron chi connectivity index (χ4n) is 2.16. The van der Waals surface area contributed by atoms with E-state index in [0.29, 0.717) is 12.2 Å². The van der Waals surface area contributed by atoms with Crippen LogP contribution in [-0.2, 0) is 6.54 Å². The predicted molar refractivity (Wildman–Crippen MR) is 81.2 cm³/mol. The monoisotopic (exact) mass is 284 g/mol. The van der Waals surface area contributed by atoms with Crippen molar-refractivity contribution in [1.29, 1.82) is 0 Å². The summed E-state index contributed by atoms with van der Waals surface area (Å²) in [5, 5.41) is 10.6. The van der Waals surface area contributed by atoms with Gasteiger partial charge < -0.3 is 10.6 Å². The lowest BCUT2D eigenvalue weighted by Gasteiger charge is -2.21. The van der Waals surface area contributed by atoms with Gasteiger partial charge in [-0.2, -0.15) is 9.61 Å². The zero-order valence-electron chi connectivity index (χ0n) is 11.7. The van der Waals surface area contributed by atoms with Gasteiger partial charge in [0.05, 0.1) is 0 Å². The Labute approximate surface area is 121 Å². The highest BCUT2D eigenvalue weighted by Gasteiger charge is 2.09. The van der Waals surface area contributed by atoms with Gasteiger partial charge in [0.15, 0.2) is 5.65 Å². The smallest absolute Gasteiger partial charge is 0.364 e. The quantitative estimate of drug-likeness (QED) is 0.698. The van der Waals surface area contributed by atoms with Crippen LogP contribution in [0.25, 0.3) is 5.65 Å². The molecule has 0 bridgehead atoms. The van der Waals surface area contributed by atoms with Gasteiger partial charge in [0, 0.05) is 18.8 Å². The highest BCUT2D eigenvalue weighted by atomic mass is 16.2. The van der Waals surface area contributed by atoms with Gasteiger partial charge in [0.1, 0.15) is 5.82 Å². The summed E-state index contributed by atoms with van der Waals surface area (Å²) in [5.74, 6) is 0.727. The number of nitrogen functional groups attached to an aromatic ring is 1. The van der Waals surface area contributed by atoms with E-state index in [1.807, 2.05) is 37.3 Å². The highest BCUT2D eigenvalue weighted by Crippen LogP contribution is 2.15. The number of nitrogens with zero attached hydrogens (tertiary/aromatic N) is 4. The summed E-state index contributed by atoms with van der Waals surface area (Å²) in [6, 6.07) is 11.4. The molecule has 0 saturated heterocycles. The third-order valence-corrected chi connectivity index (χ3v) is 3.32. The maximum absolute atomic E-state index is 11.6. The number of rotatable bonds is 4. The average Bonchev–Trinajstić information content (AvgIpc) is 2.88. The lowest BCUT2D eigenvalue weighted by Crippen LogP contribution is -2.25. The van der Waals surface area contributed by atoms with E-state index in [-0.39, 0.29) is 5.69 Å². The molecule has 3 aromatic rings. The summed E-state index contributed by atoms with van der Waals surface area (Å²) in [5.41, 5.74) is 7.74. The minimum Gasteiger partial charge on any atom is -0.399 e. The van der Waals surface area contributed by atoms with Crippen LogP contribution in [0, 0.1) is 0 Å². The summed E-state index contributed by atoms with van der Waals surface area (Å²) in [4.78, 5) is 13.7. The fraction of sp³-hybridized carbons (Fsp3) is 0.214. The SMILES string of the molecule is CCN(Cc1ccc(N)cc1)c1ccc2n[nH]c(=O)n2n1. The van der Waals surface area contributed by atoms with Gasteiger partial charge in [0.2, 0.25) is 0 Å². The molecule has 2 heterocycles. The standard InChI is InChI=1S/C14H16N6O/c1-2-19(9-10-3-5-11(15)6-4-10)13-8-7-12-16-17-14(21)20(12)18-13/h3-8H,2,9,15H2,1H3,(H,17,21). The van der Waals surface area contributed by atoms with Crippen LogP contribution in [0.2, 0.25) is 0 Å². The molecule has 3 rings (SSSR count). The van der Waals surface area contributed by atoms with Crippen LogP contribution >= 0.6 is 0 Å². The Morgan fingerprint density at radius 3 is 2.71 bits per heavy atom. The lowest BCUT2D eigenvalue weighted by atomic mass is 10.2. The van der Waals surface area contributed by atoms with Crippen molar-refractivity contribution >= 4 is 17.2 Å². The molecular weight excluding hydrogens is 268 g/mol. The molecule has 0 unspecified atom stereocenters. The summed E-state index contributed by atoms with van der Waals surface area (Å²) in [7, 11) is 0. The van der Waals surface area contributed by atoms with E-state index >= 15 is 0 Å². The number of hydrogen-bond donors (Lipinski definition) is 2. The molecule has 0 saturated carbocycles. The largest absolute Gasteiger partial charge is 0.399 e. The third-order valence-electron chi connectivity index (χ3n) is 3.32. The molecule has 3 N–H and O–H groups in total. The first-order valence-electron chi connectivity index (χ1n) is 6.71. The third kappa shape index (κ3) is 2.58. The van der Waals surface area contributed by atoms with Gasteiger partial charge >= 0.3 is 5.69 Å². The molecule has 0 spiro atoms. The number of H-pyrrole nitrogens is 1. The van der Waals surface area contributed by atoms with E-state index in [2.05, 4.69) is 20.2 Å². The van der Waals surface area contributed by atoms with Gasteiger partial charge in [0.25, 0.3) is 0 Å². The number of anilines is 2. The maximum Gasteiger partial charge on any atom is 0.364 e. The molecule has 108 valence electrons. The van der Waals surface area contributed by atoms with Gasteiger partial charge in [-0.3, -0.25) is 0 Å². The van der Waals surface area contributed by atoms with Crippen LogP contribution in [0.3, 0.4) is 0 Å². The number of fused-ring (bicyclic) bond motifs is 1. The van der Waals surface area contributed by atoms with Crippen molar-refractivity contribution < 1.29 is 0 Å². The molecule has 0 atom stereocenters. The maximum atomic E-state index is 11.6. The molecule has 0 amide bonds. The van der Waals surface area contributed by atoms with Crippen LogP contribution in [0.15, 0.2) is 41.2 Å². The topological polar surface area (TPSA) is 92.3 Å². The summed E-state index contributed by atoms with van der Waals surface area (Å²) >= 11 is 0. The predicted octanol–water partition coefficient (Wildman–Crippen LogP) is 1.03. The molecule has 1 aromatic carbocycles. The van der Waals surface area contributed by atoms with Crippen LogP contribution < -0.4 is 16.3 Å². The molecule has 0 fully saturated rings. The van der Waals surface area contributed by atoms with Crippen LogP contribution in [0.5, 0.6) is 0 Å². The number of aromatic amines is 1. The van der Waals surface area contributed by atoms with Crippen molar-refractivity contribution in [2.45, 2.75) is 13.5 Å². The Morgan fingerprint density at radius 2 is 2.00 bits per heavy atom. The number of aromatic nitrogens is 4. The number of nitrogens with two attached hydrogens (primary N) is 1. The molecule has 2 aromatic heterocycles. The first-order chi connectivity index (χ1) is 10.2. The van der Waals surface area contributed by atoms with Crippen molar-refractivity contribution in [3.8, 4) is 0 Å². The van der Waals surface area contributed by atoms with Crippen molar-refractivity contribution in [1.82, 2.24) is 19.8 Å². The van der Waals surface area contributed by atoms with Gasteiger partial charge in [-0.25, -0.2) is 9.89 Å². The van der Waals surface area contributed by atoms with Crippen LogP contribution in [0.1, 0.15) is 12.5 Å². The number of nitrogens with one attached hydrogen (secondary N) is 1.